The molecule has 2 rings (SSSR count). The summed E-state index contributed by atoms with van der Waals surface area (Å²) < 4.78 is 0. The zero-order valence-electron chi connectivity index (χ0n) is 9.26. The normalized spacial score (nSPS) is 19.1. The summed E-state index contributed by atoms with van der Waals surface area (Å²) in [5.74, 6) is -1.06. The van der Waals surface area contributed by atoms with Crippen LogP contribution in [0.1, 0.15) is 42.9 Å². The molecule has 2 atom stereocenters. The maximum absolute atomic E-state index is 10.7. The van der Waals surface area contributed by atoms with Crippen molar-refractivity contribution >= 4 is 5.97 Å². The van der Waals surface area contributed by atoms with Crippen molar-refractivity contribution in [3.63, 3.8) is 0 Å². The summed E-state index contributed by atoms with van der Waals surface area (Å²) in [4.78, 5) is 10.7. The van der Waals surface area contributed by atoms with E-state index >= 15 is 0 Å². The van der Waals surface area contributed by atoms with Crippen molar-refractivity contribution in [2.24, 2.45) is 5.92 Å². The summed E-state index contributed by atoms with van der Waals surface area (Å²) in [6, 6.07) is 7.64. The lowest BCUT2D eigenvalue weighted by molar-refractivity contribution is -0.145. The summed E-state index contributed by atoms with van der Waals surface area (Å²) in [5.41, 5.74) is 1.97. The van der Waals surface area contributed by atoms with Crippen LogP contribution in [0.2, 0.25) is 0 Å². The molecule has 0 aliphatic heterocycles. The molecule has 1 aliphatic carbocycles. The molecular weight excluding hydrogens is 204 g/mol. The van der Waals surface area contributed by atoms with Crippen LogP contribution in [-0.2, 0) is 4.79 Å². The van der Waals surface area contributed by atoms with E-state index in [4.69, 9.17) is 5.11 Å². The van der Waals surface area contributed by atoms with Crippen molar-refractivity contribution in [2.45, 2.75) is 31.8 Å². The van der Waals surface area contributed by atoms with Gasteiger partial charge in [0.2, 0.25) is 0 Å². The third kappa shape index (κ3) is 2.25. The number of hydrogen-bond donors (Lipinski definition) is 2. The molecule has 2 N–H and O–H groups in total. The highest BCUT2D eigenvalue weighted by atomic mass is 16.4. The Balaban J connectivity index is 2.11. The first-order valence-corrected chi connectivity index (χ1v) is 5.60. The van der Waals surface area contributed by atoms with Crippen molar-refractivity contribution in [2.75, 3.05) is 0 Å². The summed E-state index contributed by atoms with van der Waals surface area (Å²) in [6.07, 6.45) is 1.56. The van der Waals surface area contributed by atoms with Gasteiger partial charge >= 0.3 is 5.97 Å². The van der Waals surface area contributed by atoms with E-state index in [1.165, 1.54) is 25.3 Å². The van der Waals surface area contributed by atoms with Crippen molar-refractivity contribution in [1.82, 2.24) is 0 Å². The Bertz CT molecular complexity index is 379. The molecule has 0 bridgehead atoms. The van der Waals surface area contributed by atoms with E-state index in [1.807, 2.05) is 24.3 Å². The summed E-state index contributed by atoms with van der Waals surface area (Å²) in [5, 5.41) is 18.6. The Labute approximate surface area is 94.7 Å². The van der Waals surface area contributed by atoms with E-state index in [1.54, 1.807) is 0 Å². The van der Waals surface area contributed by atoms with Crippen LogP contribution >= 0.6 is 0 Å². The van der Waals surface area contributed by atoms with Crippen LogP contribution in [0.25, 0.3) is 0 Å². The number of rotatable bonds is 4. The van der Waals surface area contributed by atoms with E-state index < -0.39 is 18.0 Å². The van der Waals surface area contributed by atoms with Gasteiger partial charge in [-0.1, -0.05) is 24.3 Å². The zero-order chi connectivity index (χ0) is 11.7. The minimum absolute atomic E-state index is 0.680. The van der Waals surface area contributed by atoms with Gasteiger partial charge in [-0.25, -0.2) is 0 Å². The van der Waals surface area contributed by atoms with Gasteiger partial charge in [-0.3, -0.25) is 4.79 Å². The fourth-order valence-electron chi connectivity index (χ4n) is 1.81. The molecule has 3 heteroatoms. The molecule has 1 fully saturated rings. The van der Waals surface area contributed by atoms with Gasteiger partial charge in [0, 0.05) is 0 Å². The second-order valence-electron chi connectivity index (χ2n) is 4.51. The predicted octanol–water partition coefficient (Wildman–Crippen LogP) is 2.32. The number of carbonyl (C=O) groups is 1. The zero-order valence-corrected chi connectivity index (χ0v) is 9.26. The third-order valence-electron chi connectivity index (χ3n) is 3.19. The van der Waals surface area contributed by atoms with E-state index in [0.717, 1.165) is 0 Å². The van der Waals surface area contributed by atoms with Crippen LogP contribution in [0, 0.1) is 5.92 Å². The van der Waals surface area contributed by atoms with Gasteiger partial charge < -0.3 is 10.2 Å². The SMILES string of the molecule is CC(C(=O)O)C(O)c1ccc(C2CC2)cc1. The number of aliphatic carboxylic acids is 1. The molecule has 86 valence electrons. The molecule has 0 amide bonds. The lowest BCUT2D eigenvalue weighted by atomic mass is 9.96. The molecule has 1 aromatic carbocycles. The van der Waals surface area contributed by atoms with Gasteiger partial charge in [0.05, 0.1) is 12.0 Å². The minimum atomic E-state index is -0.973. The first-order valence-electron chi connectivity index (χ1n) is 5.60. The van der Waals surface area contributed by atoms with E-state index in [2.05, 4.69) is 0 Å². The number of aliphatic hydroxyl groups excluding tert-OH is 1. The van der Waals surface area contributed by atoms with Crippen molar-refractivity contribution in [3.05, 3.63) is 35.4 Å². The number of carboxylic acid groups (broad SMARTS) is 1. The van der Waals surface area contributed by atoms with Crippen LogP contribution < -0.4 is 0 Å². The molecule has 0 heterocycles. The van der Waals surface area contributed by atoms with E-state index in [9.17, 15) is 9.90 Å². The molecule has 0 spiro atoms. The van der Waals surface area contributed by atoms with Crippen molar-refractivity contribution in [3.8, 4) is 0 Å². The maximum Gasteiger partial charge on any atom is 0.309 e. The number of aliphatic hydroxyl groups is 1. The number of benzene rings is 1. The summed E-state index contributed by atoms with van der Waals surface area (Å²) in [7, 11) is 0. The highest BCUT2D eigenvalue weighted by molar-refractivity contribution is 5.70. The first-order chi connectivity index (χ1) is 7.59. The average molecular weight is 220 g/mol. The Morgan fingerprint density at radius 2 is 1.88 bits per heavy atom. The van der Waals surface area contributed by atoms with E-state index in [-0.39, 0.29) is 0 Å². The van der Waals surface area contributed by atoms with Gasteiger partial charge in [-0.15, -0.1) is 0 Å². The van der Waals surface area contributed by atoms with Crippen molar-refractivity contribution < 1.29 is 15.0 Å². The van der Waals surface area contributed by atoms with E-state index in [0.29, 0.717) is 11.5 Å². The largest absolute Gasteiger partial charge is 0.481 e. The molecule has 16 heavy (non-hydrogen) atoms. The molecular formula is C13H16O3. The molecule has 0 radical (unpaired) electrons. The maximum atomic E-state index is 10.7. The molecule has 1 aliphatic rings. The van der Waals surface area contributed by atoms with Crippen molar-refractivity contribution in [1.29, 1.82) is 0 Å². The van der Waals surface area contributed by atoms with Crippen LogP contribution in [-0.4, -0.2) is 16.2 Å². The molecule has 2 unspecified atom stereocenters. The Kier molecular flexibility index (Phi) is 2.97. The van der Waals surface area contributed by atoms with Gasteiger partial charge in [-0.05, 0) is 36.8 Å². The number of hydrogen-bond acceptors (Lipinski definition) is 2. The van der Waals surface area contributed by atoms with Crippen LogP contribution in [0.15, 0.2) is 24.3 Å². The third-order valence-corrected chi connectivity index (χ3v) is 3.19. The summed E-state index contributed by atoms with van der Waals surface area (Å²) >= 11 is 0. The molecule has 3 nitrogen and oxygen atoms in total. The highest BCUT2D eigenvalue weighted by Gasteiger charge is 2.25. The fraction of sp³-hybridized carbons (Fsp3) is 0.462. The molecule has 1 saturated carbocycles. The second-order valence-corrected chi connectivity index (χ2v) is 4.51. The Morgan fingerprint density at radius 1 is 1.31 bits per heavy atom. The first kappa shape index (κ1) is 11.1. The Morgan fingerprint density at radius 3 is 2.31 bits per heavy atom. The van der Waals surface area contributed by atoms with Gasteiger partial charge in [0.1, 0.15) is 0 Å². The molecule has 0 saturated heterocycles. The minimum Gasteiger partial charge on any atom is -0.481 e. The smallest absolute Gasteiger partial charge is 0.309 e. The second kappa shape index (κ2) is 4.26. The standard InChI is InChI=1S/C13H16O3/c1-8(13(15)16)12(14)11-6-4-10(5-7-11)9-2-3-9/h4-9,12,14H,2-3H2,1H3,(H,15,16). The number of carboxylic acids is 1. The van der Waals surface area contributed by atoms with Gasteiger partial charge in [0.15, 0.2) is 0 Å². The fourth-order valence-corrected chi connectivity index (χ4v) is 1.81. The lowest BCUT2D eigenvalue weighted by Crippen LogP contribution is -2.18. The van der Waals surface area contributed by atoms with Crippen LogP contribution in [0.5, 0.6) is 0 Å². The quantitative estimate of drug-likeness (QED) is 0.818. The topological polar surface area (TPSA) is 57.5 Å². The highest BCUT2D eigenvalue weighted by Crippen LogP contribution is 2.40. The predicted molar refractivity (Wildman–Crippen MR) is 60.2 cm³/mol. The Hall–Kier alpha value is -1.35. The summed E-state index contributed by atoms with van der Waals surface area (Å²) in [6.45, 7) is 1.52. The van der Waals surface area contributed by atoms with Gasteiger partial charge in [-0.2, -0.15) is 0 Å². The van der Waals surface area contributed by atoms with Gasteiger partial charge in [0.25, 0.3) is 0 Å². The van der Waals surface area contributed by atoms with Crippen LogP contribution in [0.4, 0.5) is 0 Å². The average Bonchev–Trinajstić information content (AvgIpc) is 3.11. The lowest BCUT2D eigenvalue weighted by Gasteiger charge is -2.15. The molecule has 0 aromatic heterocycles. The molecule has 1 aromatic rings. The van der Waals surface area contributed by atoms with Crippen LogP contribution in [0.3, 0.4) is 0 Å². The monoisotopic (exact) mass is 220 g/mol.